The smallest absolute Gasteiger partial charge is 0.105 e. The molecule has 1 atom stereocenters. The lowest BCUT2D eigenvalue weighted by atomic mass is 9.91. The van der Waals surface area contributed by atoms with Crippen molar-refractivity contribution in [3.63, 3.8) is 0 Å². The van der Waals surface area contributed by atoms with E-state index in [0.29, 0.717) is 5.92 Å². The topological polar surface area (TPSA) is 20.2 Å². The zero-order valence-corrected chi connectivity index (χ0v) is 13.4. The van der Waals surface area contributed by atoms with Crippen molar-refractivity contribution in [1.82, 2.24) is 0 Å². The molecule has 1 heteroatoms. The van der Waals surface area contributed by atoms with Gasteiger partial charge in [-0.05, 0) is 45.9 Å². The molecule has 0 heterocycles. The van der Waals surface area contributed by atoms with Crippen LogP contribution in [0.15, 0.2) is 60.7 Å². The van der Waals surface area contributed by atoms with Gasteiger partial charge in [-0.25, -0.2) is 0 Å². The average Bonchev–Trinajstić information content (AvgIpc) is 2.54. The van der Waals surface area contributed by atoms with E-state index in [9.17, 15) is 5.11 Å². The normalized spacial score (nSPS) is 12.8. The molecule has 0 aromatic heterocycles. The van der Waals surface area contributed by atoms with Crippen molar-refractivity contribution >= 4 is 10.8 Å². The highest BCUT2D eigenvalue weighted by molar-refractivity contribution is 5.87. The Morgan fingerprint density at radius 3 is 2.09 bits per heavy atom. The highest BCUT2D eigenvalue weighted by Gasteiger charge is 2.16. The van der Waals surface area contributed by atoms with E-state index in [4.69, 9.17) is 0 Å². The van der Waals surface area contributed by atoms with Crippen molar-refractivity contribution in [2.45, 2.75) is 32.8 Å². The summed E-state index contributed by atoms with van der Waals surface area (Å²) in [5.41, 5.74) is 4.38. The van der Waals surface area contributed by atoms with Gasteiger partial charge < -0.3 is 5.11 Å². The summed E-state index contributed by atoms with van der Waals surface area (Å²) in [7, 11) is 0. The first kappa shape index (κ1) is 14.8. The maximum absolute atomic E-state index is 10.9. The van der Waals surface area contributed by atoms with E-state index in [0.717, 1.165) is 22.1 Å². The predicted octanol–water partition coefficient (Wildman–Crippen LogP) is 5.35. The van der Waals surface area contributed by atoms with E-state index in [1.165, 1.54) is 10.9 Å². The van der Waals surface area contributed by atoms with Crippen LogP contribution >= 0.6 is 0 Å². The van der Waals surface area contributed by atoms with Gasteiger partial charge >= 0.3 is 0 Å². The number of hydrogen-bond acceptors (Lipinski definition) is 1. The second-order valence-electron chi connectivity index (χ2n) is 6.24. The van der Waals surface area contributed by atoms with Crippen molar-refractivity contribution in [2.24, 2.45) is 0 Å². The minimum absolute atomic E-state index is 0.505. The lowest BCUT2D eigenvalue weighted by Crippen LogP contribution is -2.03. The van der Waals surface area contributed by atoms with Crippen molar-refractivity contribution in [2.75, 3.05) is 0 Å². The molecule has 22 heavy (non-hydrogen) atoms. The Bertz CT molecular complexity index is 785. The molecule has 0 unspecified atom stereocenters. The maximum Gasteiger partial charge on any atom is 0.105 e. The SMILES string of the molecule is Cc1ccc2ccccc2c1[C@@H](O)c1ccc(C(C)C)cc1. The number of fused-ring (bicyclic) bond motifs is 1. The summed E-state index contributed by atoms with van der Waals surface area (Å²) >= 11 is 0. The Hall–Kier alpha value is -2.12. The molecule has 0 fully saturated rings. The van der Waals surface area contributed by atoms with Crippen LogP contribution in [-0.2, 0) is 0 Å². The zero-order valence-electron chi connectivity index (χ0n) is 13.4. The van der Waals surface area contributed by atoms with E-state index < -0.39 is 6.10 Å². The van der Waals surface area contributed by atoms with E-state index >= 15 is 0 Å². The summed E-state index contributed by atoms with van der Waals surface area (Å²) in [6.07, 6.45) is -0.590. The molecular weight excluding hydrogens is 268 g/mol. The van der Waals surface area contributed by atoms with Gasteiger partial charge in [0, 0.05) is 0 Å². The molecule has 0 aliphatic heterocycles. The minimum Gasteiger partial charge on any atom is -0.384 e. The molecule has 0 bridgehead atoms. The fourth-order valence-electron chi connectivity index (χ4n) is 3.00. The van der Waals surface area contributed by atoms with Gasteiger partial charge in [0.05, 0.1) is 0 Å². The van der Waals surface area contributed by atoms with Crippen LogP contribution in [0.4, 0.5) is 0 Å². The second-order valence-corrected chi connectivity index (χ2v) is 6.24. The first-order valence-electron chi connectivity index (χ1n) is 7.84. The molecule has 3 aromatic rings. The highest BCUT2D eigenvalue weighted by atomic mass is 16.3. The molecule has 0 aliphatic rings. The summed E-state index contributed by atoms with van der Waals surface area (Å²) < 4.78 is 0. The first-order valence-corrected chi connectivity index (χ1v) is 7.84. The van der Waals surface area contributed by atoms with Crippen molar-refractivity contribution in [1.29, 1.82) is 0 Å². The summed E-state index contributed by atoms with van der Waals surface area (Å²) in [6.45, 7) is 6.42. The fraction of sp³-hybridized carbons (Fsp3) is 0.238. The number of hydrogen-bond donors (Lipinski definition) is 1. The van der Waals surface area contributed by atoms with Crippen LogP contribution < -0.4 is 0 Å². The van der Waals surface area contributed by atoms with Gasteiger partial charge in [-0.2, -0.15) is 0 Å². The molecule has 0 amide bonds. The molecule has 0 spiro atoms. The summed E-state index contributed by atoms with van der Waals surface area (Å²) in [5.74, 6) is 0.505. The molecule has 1 nitrogen and oxygen atoms in total. The average molecular weight is 290 g/mol. The largest absolute Gasteiger partial charge is 0.384 e. The predicted molar refractivity (Wildman–Crippen MR) is 93.3 cm³/mol. The molecule has 0 aliphatic carbocycles. The molecule has 3 aromatic carbocycles. The standard InChI is InChI=1S/C21H22O/c1-14(2)16-10-12-18(13-11-16)21(22)20-15(3)8-9-17-6-4-5-7-19(17)20/h4-14,21-22H,1-3H3/t21-/m0/s1. The van der Waals surface area contributed by atoms with Gasteiger partial charge in [0.25, 0.3) is 0 Å². The summed E-state index contributed by atoms with van der Waals surface area (Å²) in [5, 5.41) is 13.2. The zero-order chi connectivity index (χ0) is 15.7. The lowest BCUT2D eigenvalue weighted by molar-refractivity contribution is 0.221. The molecule has 0 saturated heterocycles. The van der Waals surface area contributed by atoms with Crippen LogP contribution in [0.3, 0.4) is 0 Å². The maximum atomic E-state index is 10.9. The van der Waals surface area contributed by atoms with Crippen LogP contribution in [0.5, 0.6) is 0 Å². The minimum atomic E-state index is -0.590. The third kappa shape index (κ3) is 2.65. The number of rotatable bonds is 3. The Morgan fingerprint density at radius 2 is 1.41 bits per heavy atom. The van der Waals surface area contributed by atoms with Gasteiger partial charge in [0.15, 0.2) is 0 Å². The van der Waals surface area contributed by atoms with Crippen LogP contribution in [0.1, 0.15) is 48.1 Å². The highest BCUT2D eigenvalue weighted by Crippen LogP contribution is 2.32. The van der Waals surface area contributed by atoms with Gasteiger partial charge in [-0.1, -0.05) is 74.5 Å². The third-order valence-corrected chi connectivity index (χ3v) is 4.38. The molecule has 112 valence electrons. The van der Waals surface area contributed by atoms with Crippen LogP contribution in [0.25, 0.3) is 10.8 Å². The van der Waals surface area contributed by atoms with Crippen LogP contribution in [0.2, 0.25) is 0 Å². The van der Waals surface area contributed by atoms with E-state index in [1.807, 2.05) is 24.3 Å². The number of aliphatic hydroxyl groups is 1. The molecule has 0 radical (unpaired) electrons. The van der Waals surface area contributed by atoms with Gasteiger partial charge in [-0.15, -0.1) is 0 Å². The molecule has 3 rings (SSSR count). The van der Waals surface area contributed by atoms with E-state index in [2.05, 4.69) is 57.2 Å². The van der Waals surface area contributed by atoms with Crippen molar-refractivity contribution in [3.05, 3.63) is 82.9 Å². The van der Waals surface area contributed by atoms with Gasteiger partial charge in [-0.3, -0.25) is 0 Å². The van der Waals surface area contributed by atoms with Crippen LogP contribution in [-0.4, -0.2) is 5.11 Å². The van der Waals surface area contributed by atoms with Crippen LogP contribution in [0, 0.1) is 6.92 Å². The Kier molecular flexibility index (Phi) is 4.00. The van der Waals surface area contributed by atoms with Gasteiger partial charge in [0.1, 0.15) is 6.10 Å². The number of aliphatic hydroxyl groups excluding tert-OH is 1. The molecule has 1 N–H and O–H groups in total. The first-order chi connectivity index (χ1) is 10.6. The Balaban J connectivity index is 2.08. The van der Waals surface area contributed by atoms with Gasteiger partial charge in [0.2, 0.25) is 0 Å². The lowest BCUT2D eigenvalue weighted by Gasteiger charge is -2.18. The third-order valence-electron chi connectivity index (χ3n) is 4.38. The Labute approximate surface area is 132 Å². The van der Waals surface area contributed by atoms with E-state index in [1.54, 1.807) is 0 Å². The molecular formula is C21H22O. The number of benzene rings is 3. The van der Waals surface area contributed by atoms with Crippen molar-refractivity contribution in [3.8, 4) is 0 Å². The van der Waals surface area contributed by atoms with E-state index in [-0.39, 0.29) is 0 Å². The van der Waals surface area contributed by atoms with Crippen molar-refractivity contribution < 1.29 is 5.11 Å². The number of aryl methyl sites for hydroxylation is 1. The molecule has 0 saturated carbocycles. The summed E-state index contributed by atoms with van der Waals surface area (Å²) in [4.78, 5) is 0. The monoisotopic (exact) mass is 290 g/mol. The quantitative estimate of drug-likeness (QED) is 0.689. The summed E-state index contributed by atoms with van der Waals surface area (Å²) in [6, 6.07) is 20.8. The Morgan fingerprint density at radius 1 is 0.773 bits per heavy atom. The fourth-order valence-corrected chi connectivity index (χ4v) is 3.00. The second kappa shape index (κ2) is 5.94.